The lowest BCUT2D eigenvalue weighted by molar-refractivity contribution is 0.0710. The smallest absolute Gasteiger partial charge is 0.254 e. The minimum atomic E-state index is 0.0685. The molecule has 0 unspecified atom stereocenters. The van der Waals surface area contributed by atoms with Crippen LogP contribution < -0.4 is 14.8 Å². The molecule has 9 nitrogen and oxygen atoms in total. The fourth-order valence-electron chi connectivity index (χ4n) is 6.60. The number of pyridine rings is 1. The number of hydrogen-bond acceptors (Lipinski definition) is 7. The molecule has 0 bridgehead atoms. The van der Waals surface area contributed by atoms with Crippen LogP contribution in [0, 0.1) is 0 Å². The van der Waals surface area contributed by atoms with Gasteiger partial charge in [0, 0.05) is 35.6 Å². The third-order valence-electron chi connectivity index (χ3n) is 8.76. The second-order valence-corrected chi connectivity index (χ2v) is 11.5. The first-order valence-corrected chi connectivity index (χ1v) is 14.8. The molecule has 9 heteroatoms. The standard InChI is InChI=1S/C33H32N6O3/c40-33(39-13-3-4-25(39)19-38-11-1-2-12-38)27-17-32(35-24-8-5-23-18-34-37-29(23)16-24)36-28-9-6-21(14-26(27)28)22-7-10-30-31(15-22)42-20-41-30/h5-10,14-18,25H,1-4,11-13,19-20H2,(H,34,37)(H,35,36)/t25-/m0/s1. The Morgan fingerprint density at radius 2 is 1.79 bits per heavy atom. The first kappa shape index (κ1) is 25.1. The summed E-state index contributed by atoms with van der Waals surface area (Å²) in [4.78, 5) is 23.9. The van der Waals surface area contributed by atoms with E-state index in [4.69, 9.17) is 14.5 Å². The minimum Gasteiger partial charge on any atom is -0.454 e. The number of likely N-dealkylation sites (tertiary alicyclic amines) is 2. The van der Waals surface area contributed by atoms with Crippen LogP contribution in [0.25, 0.3) is 32.9 Å². The molecular weight excluding hydrogens is 528 g/mol. The Labute approximate surface area is 243 Å². The van der Waals surface area contributed by atoms with Crippen molar-refractivity contribution >= 4 is 39.2 Å². The van der Waals surface area contributed by atoms with E-state index in [1.165, 1.54) is 12.8 Å². The van der Waals surface area contributed by atoms with Crippen LogP contribution in [0.1, 0.15) is 36.0 Å². The van der Waals surface area contributed by atoms with Crippen molar-refractivity contribution in [2.45, 2.75) is 31.7 Å². The number of anilines is 2. The van der Waals surface area contributed by atoms with Crippen LogP contribution in [0.15, 0.2) is 66.9 Å². The second kappa shape index (κ2) is 10.3. The molecule has 5 heterocycles. The van der Waals surface area contributed by atoms with Crippen LogP contribution in [0.5, 0.6) is 11.5 Å². The Kier molecular flexibility index (Phi) is 6.18. The molecule has 0 radical (unpaired) electrons. The van der Waals surface area contributed by atoms with Crippen LogP contribution in [0.2, 0.25) is 0 Å². The average molecular weight is 561 g/mol. The lowest BCUT2D eigenvalue weighted by atomic mass is 9.99. The molecule has 8 rings (SSSR count). The molecule has 1 atom stereocenters. The van der Waals surface area contributed by atoms with Gasteiger partial charge in [-0.2, -0.15) is 5.10 Å². The predicted molar refractivity (Wildman–Crippen MR) is 162 cm³/mol. The van der Waals surface area contributed by atoms with E-state index < -0.39 is 0 Å². The highest BCUT2D eigenvalue weighted by Gasteiger charge is 2.32. The number of nitrogens with one attached hydrogen (secondary N) is 2. The SMILES string of the molecule is O=C(c1cc(Nc2ccc3cn[nH]c3c2)nc2ccc(-c3ccc4c(c3)OCO4)cc12)N1CCC[C@H]1CN1CCCC1. The van der Waals surface area contributed by atoms with E-state index in [-0.39, 0.29) is 18.7 Å². The van der Waals surface area contributed by atoms with Crippen molar-refractivity contribution < 1.29 is 14.3 Å². The fourth-order valence-corrected chi connectivity index (χ4v) is 6.60. The molecule has 3 aromatic carbocycles. The van der Waals surface area contributed by atoms with Crippen molar-refractivity contribution in [3.63, 3.8) is 0 Å². The van der Waals surface area contributed by atoms with Crippen LogP contribution in [0.3, 0.4) is 0 Å². The van der Waals surface area contributed by atoms with Crippen molar-refractivity contribution in [3.05, 3.63) is 72.4 Å². The maximum absolute atomic E-state index is 14.4. The molecule has 212 valence electrons. The third kappa shape index (κ3) is 4.59. The zero-order valence-corrected chi connectivity index (χ0v) is 23.3. The van der Waals surface area contributed by atoms with E-state index in [0.717, 1.165) is 89.1 Å². The number of nitrogens with zero attached hydrogens (tertiary/aromatic N) is 4. The average Bonchev–Trinajstić information content (AvgIpc) is 3.84. The quantitative estimate of drug-likeness (QED) is 0.265. The second-order valence-electron chi connectivity index (χ2n) is 11.5. The van der Waals surface area contributed by atoms with E-state index in [2.05, 4.69) is 31.4 Å². The highest BCUT2D eigenvalue weighted by atomic mass is 16.7. The van der Waals surface area contributed by atoms with Crippen LogP contribution in [0.4, 0.5) is 11.5 Å². The third-order valence-corrected chi connectivity index (χ3v) is 8.76. The van der Waals surface area contributed by atoms with Gasteiger partial charge in [0.2, 0.25) is 6.79 Å². The van der Waals surface area contributed by atoms with Gasteiger partial charge in [0.05, 0.1) is 22.8 Å². The zero-order valence-electron chi connectivity index (χ0n) is 23.3. The van der Waals surface area contributed by atoms with Gasteiger partial charge in [0.1, 0.15) is 5.82 Å². The summed E-state index contributed by atoms with van der Waals surface area (Å²) in [5, 5.41) is 12.5. The summed E-state index contributed by atoms with van der Waals surface area (Å²) in [6.45, 7) is 4.22. The normalized spacial score (nSPS) is 18.4. The molecule has 3 aliphatic rings. The molecule has 0 saturated carbocycles. The van der Waals surface area contributed by atoms with Gasteiger partial charge in [-0.1, -0.05) is 12.1 Å². The number of benzene rings is 3. The van der Waals surface area contributed by atoms with Crippen LogP contribution >= 0.6 is 0 Å². The molecule has 2 fully saturated rings. The van der Waals surface area contributed by atoms with Crippen LogP contribution in [-0.4, -0.2) is 69.9 Å². The van der Waals surface area contributed by atoms with E-state index >= 15 is 0 Å². The zero-order chi connectivity index (χ0) is 28.0. The van der Waals surface area contributed by atoms with Crippen molar-refractivity contribution in [1.29, 1.82) is 0 Å². The number of hydrogen-bond donors (Lipinski definition) is 2. The molecule has 42 heavy (non-hydrogen) atoms. The molecule has 2 saturated heterocycles. The first-order valence-electron chi connectivity index (χ1n) is 14.8. The Hall–Kier alpha value is -4.63. The number of rotatable bonds is 6. The summed E-state index contributed by atoms with van der Waals surface area (Å²) in [6.07, 6.45) is 6.37. The minimum absolute atomic E-state index is 0.0685. The Bertz CT molecular complexity index is 1810. The number of carbonyl (C=O) groups excluding carboxylic acids is 1. The maximum Gasteiger partial charge on any atom is 0.254 e. The molecule has 0 aliphatic carbocycles. The summed E-state index contributed by atoms with van der Waals surface area (Å²) < 4.78 is 11.1. The maximum atomic E-state index is 14.4. The van der Waals surface area contributed by atoms with Crippen molar-refractivity contribution in [3.8, 4) is 22.6 Å². The summed E-state index contributed by atoms with van der Waals surface area (Å²) in [6, 6.07) is 20.2. The summed E-state index contributed by atoms with van der Waals surface area (Å²) in [5.74, 6) is 2.19. The van der Waals surface area contributed by atoms with Crippen molar-refractivity contribution in [2.75, 3.05) is 38.3 Å². The lowest BCUT2D eigenvalue weighted by Crippen LogP contribution is -2.42. The van der Waals surface area contributed by atoms with Gasteiger partial charge >= 0.3 is 0 Å². The number of aromatic amines is 1. The Morgan fingerprint density at radius 1 is 0.929 bits per heavy atom. The Balaban J connectivity index is 1.19. The molecular formula is C33H32N6O3. The van der Waals surface area contributed by atoms with Gasteiger partial charge in [0.25, 0.3) is 5.91 Å². The van der Waals surface area contributed by atoms with Gasteiger partial charge in [0.15, 0.2) is 11.5 Å². The molecule has 2 N–H and O–H groups in total. The molecule has 3 aliphatic heterocycles. The van der Waals surface area contributed by atoms with Gasteiger partial charge in [-0.05, 0) is 98.4 Å². The van der Waals surface area contributed by atoms with E-state index in [1.54, 1.807) is 6.20 Å². The summed E-state index contributed by atoms with van der Waals surface area (Å²) in [7, 11) is 0. The molecule has 0 spiro atoms. The molecule has 5 aromatic rings. The summed E-state index contributed by atoms with van der Waals surface area (Å²) in [5.41, 5.74) is 5.25. The number of aromatic nitrogens is 3. The van der Waals surface area contributed by atoms with Gasteiger partial charge in [-0.25, -0.2) is 4.98 Å². The van der Waals surface area contributed by atoms with E-state index in [1.807, 2.05) is 54.6 Å². The van der Waals surface area contributed by atoms with E-state index in [9.17, 15) is 4.79 Å². The Morgan fingerprint density at radius 3 is 2.71 bits per heavy atom. The number of ether oxygens (including phenoxy) is 2. The van der Waals surface area contributed by atoms with E-state index in [0.29, 0.717) is 11.4 Å². The van der Waals surface area contributed by atoms with Gasteiger partial charge < -0.3 is 24.6 Å². The number of amides is 1. The largest absolute Gasteiger partial charge is 0.454 e. The van der Waals surface area contributed by atoms with Crippen molar-refractivity contribution in [1.82, 2.24) is 25.0 Å². The van der Waals surface area contributed by atoms with Gasteiger partial charge in [-0.15, -0.1) is 0 Å². The predicted octanol–water partition coefficient (Wildman–Crippen LogP) is 5.95. The molecule has 1 amide bonds. The highest BCUT2D eigenvalue weighted by molar-refractivity contribution is 6.08. The lowest BCUT2D eigenvalue weighted by Gasteiger charge is -2.29. The van der Waals surface area contributed by atoms with Gasteiger partial charge in [-0.3, -0.25) is 9.89 Å². The number of fused-ring (bicyclic) bond motifs is 3. The fraction of sp³-hybridized carbons (Fsp3) is 0.303. The first-order chi connectivity index (χ1) is 20.7. The monoisotopic (exact) mass is 560 g/mol. The van der Waals surface area contributed by atoms with Crippen LogP contribution in [-0.2, 0) is 0 Å². The summed E-state index contributed by atoms with van der Waals surface area (Å²) >= 11 is 0. The topological polar surface area (TPSA) is 95.6 Å². The number of H-pyrrole nitrogens is 1. The van der Waals surface area contributed by atoms with Crippen molar-refractivity contribution in [2.24, 2.45) is 0 Å². The highest BCUT2D eigenvalue weighted by Crippen LogP contribution is 2.37. The number of carbonyl (C=O) groups is 1. The molecule has 2 aromatic heterocycles.